The van der Waals surface area contributed by atoms with Gasteiger partial charge in [-0.1, -0.05) is 30.3 Å². The molecule has 0 aliphatic rings. The Kier molecular flexibility index (Phi) is 2.25. The van der Waals surface area contributed by atoms with Gasteiger partial charge in [0, 0.05) is 12.6 Å². The van der Waals surface area contributed by atoms with Gasteiger partial charge in [-0.25, -0.2) is 0 Å². The lowest BCUT2D eigenvalue weighted by Gasteiger charge is -1.93. The molecule has 0 radical (unpaired) electrons. The highest BCUT2D eigenvalue weighted by Crippen LogP contribution is 2.17. The topological polar surface area (TPSA) is 60.9 Å². The molecule has 15 heavy (non-hydrogen) atoms. The molecule has 0 saturated carbocycles. The molecule has 0 fully saturated rings. The smallest absolute Gasteiger partial charge is 0.266 e. The fourth-order valence-corrected chi connectivity index (χ4v) is 1.45. The van der Waals surface area contributed by atoms with Crippen LogP contribution >= 0.6 is 0 Å². The van der Waals surface area contributed by atoms with Crippen molar-refractivity contribution in [2.45, 2.75) is 0 Å². The zero-order chi connectivity index (χ0) is 10.8. The molecule has 0 aliphatic carbocycles. The lowest BCUT2D eigenvalue weighted by molar-refractivity contribution is 0.0991. The van der Waals surface area contributed by atoms with Gasteiger partial charge in [-0.05, 0) is 6.07 Å². The SMILES string of the molecule is Cn1nc(-c2ccccc2)cc1C(N)=O. The fourth-order valence-electron chi connectivity index (χ4n) is 1.45. The largest absolute Gasteiger partial charge is 0.364 e. The number of hydrogen-bond acceptors (Lipinski definition) is 2. The van der Waals surface area contributed by atoms with Crippen LogP contribution in [0.25, 0.3) is 11.3 Å². The first-order chi connectivity index (χ1) is 7.18. The third kappa shape index (κ3) is 1.74. The van der Waals surface area contributed by atoms with E-state index >= 15 is 0 Å². The van der Waals surface area contributed by atoms with Crippen LogP contribution in [0.5, 0.6) is 0 Å². The van der Waals surface area contributed by atoms with Crippen molar-refractivity contribution in [3.8, 4) is 11.3 Å². The molecule has 76 valence electrons. The van der Waals surface area contributed by atoms with Gasteiger partial charge >= 0.3 is 0 Å². The number of nitrogens with two attached hydrogens (primary N) is 1. The highest BCUT2D eigenvalue weighted by atomic mass is 16.1. The highest BCUT2D eigenvalue weighted by molar-refractivity contribution is 5.92. The van der Waals surface area contributed by atoms with Crippen molar-refractivity contribution >= 4 is 5.91 Å². The summed E-state index contributed by atoms with van der Waals surface area (Å²) in [6.07, 6.45) is 0. The van der Waals surface area contributed by atoms with Gasteiger partial charge in [-0.15, -0.1) is 0 Å². The maximum atomic E-state index is 11.0. The van der Waals surface area contributed by atoms with Crippen LogP contribution in [0, 0.1) is 0 Å². The van der Waals surface area contributed by atoms with E-state index in [-0.39, 0.29) is 0 Å². The van der Waals surface area contributed by atoms with Gasteiger partial charge < -0.3 is 5.73 Å². The Morgan fingerprint density at radius 2 is 2.00 bits per heavy atom. The second-order valence-corrected chi connectivity index (χ2v) is 3.27. The van der Waals surface area contributed by atoms with Crippen molar-refractivity contribution in [1.82, 2.24) is 9.78 Å². The molecule has 2 rings (SSSR count). The van der Waals surface area contributed by atoms with E-state index < -0.39 is 5.91 Å². The molecule has 0 saturated heterocycles. The minimum atomic E-state index is -0.466. The maximum absolute atomic E-state index is 11.0. The van der Waals surface area contributed by atoms with Crippen molar-refractivity contribution in [2.75, 3.05) is 0 Å². The maximum Gasteiger partial charge on any atom is 0.266 e. The van der Waals surface area contributed by atoms with Gasteiger partial charge in [0.25, 0.3) is 5.91 Å². The van der Waals surface area contributed by atoms with E-state index in [9.17, 15) is 4.79 Å². The van der Waals surface area contributed by atoms with Gasteiger partial charge in [0.2, 0.25) is 0 Å². The molecule has 1 amide bonds. The Hall–Kier alpha value is -2.10. The van der Waals surface area contributed by atoms with Crippen LogP contribution in [-0.2, 0) is 7.05 Å². The summed E-state index contributed by atoms with van der Waals surface area (Å²) in [5.74, 6) is -0.466. The number of aromatic nitrogens is 2. The molecule has 2 N–H and O–H groups in total. The molecular formula is C11H11N3O. The van der Waals surface area contributed by atoms with E-state index in [0.717, 1.165) is 11.3 Å². The van der Waals surface area contributed by atoms with Crippen LogP contribution < -0.4 is 5.73 Å². The van der Waals surface area contributed by atoms with Crippen LogP contribution in [-0.4, -0.2) is 15.7 Å². The second kappa shape index (κ2) is 3.57. The van der Waals surface area contributed by atoms with E-state index in [1.807, 2.05) is 30.3 Å². The highest BCUT2D eigenvalue weighted by Gasteiger charge is 2.10. The summed E-state index contributed by atoms with van der Waals surface area (Å²) >= 11 is 0. The van der Waals surface area contributed by atoms with Crippen molar-refractivity contribution in [3.05, 3.63) is 42.1 Å². The summed E-state index contributed by atoms with van der Waals surface area (Å²) in [6, 6.07) is 11.3. The fraction of sp³-hybridized carbons (Fsp3) is 0.0909. The number of hydrogen-bond donors (Lipinski definition) is 1. The molecule has 0 spiro atoms. The van der Waals surface area contributed by atoms with Crippen LogP contribution in [0.15, 0.2) is 36.4 Å². The minimum absolute atomic E-state index is 0.411. The van der Waals surface area contributed by atoms with Crippen LogP contribution in [0.3, 0.4) is 0 Å². The van der Waals surface area contributed by atoms with Gasteiger partial charge in [0.05, 0.1) is 5.69 Å². The van der Waals surface area contributed by atoms with E-state index in [0.29, 0.717) is 5.69 Å². The average molecular weight is 201 g/mol. The first-order valence-corrected chi connectivity index (χ1v) is 4.58. The minimum Gasteiger partial charge on any atom is -0.364 e. The van der Waals surface area contributed by atoms with E-state index in [1.165, 1.54) is 4.68 Å². The third-order valence-corrected chi connectivity index (χ3v) is 2.20. The van der Waals surface area contributed by atoms with Gasteiger partial charge in [-0.3, -0.25) is 9.48 Å². The number of primary amides is 1. The zero-order valence-corrected chi connectivity index (χ0v) is 8.34. The second-order valence-electron chi connectivity index (χ2n) is 3.27. The molecule has 0 unspecified atom stereocenters. The Morgan fingerprint density at radius 3 is 2.53 bits per heavy atom. The summed E-state index contributed by atoms with van der Waals surface area (Å²) in [5.41, 5.74) is 7.35. The van der Waals surface area contributed by atoms with Crippen molar-refractivity contribution < 1.29 is 4.79 Å². The number of benzene rings is 1. The van der Waals surface area contributed by atoms with E-state index in [4.69, 9.17) is 5.73 Å². The predicted octanol–water partition coefficient (Wildman–Crippen LogP) is 1.19. The Labute approximate surface area is 87.3 Å². The number of nitrogens with zero attached hydrogens (tertiary/aromatic N) is 2. The number of aryl methyl sites for hydroxylation is 1. The summed E-state index contributed by atoms with van der Waals surface area (Å²) in [7, 11) is 1.70. The average Bonchev–Trinajstić information content (AvgIpc) is 2.62. The Bertz CT molecular complexity index is 488. The first kappa shape index (κ1) is 9.45. The van der Waals surface area contributed by atoms with Gasteiger partial charge in [-0.2, -0.15) is 5.10 Å². The summed E-state index contributed by atoms with van der Waals surface area (Å²) < 4.78 is 1.49. The Balaban J connectivity index is 2.48. The standard InChI is InChI=1S/C11H11N3O/c1-14-10(11(12)15)7-9(13-14)8-5-3-2-4-6-8/h2-7H,1H3,(H2,12,15). The summed E-state index contributed by atoms with van der Waals surface area (Å²) in [6.45, 7) is 0. The van der Waals surface area contributed by atoms with Crippen molar-refractivity contribution in [3.63, 3.8) is 0 Å². The van der Waals surface area contributed by atoms with E-state index in [2.05, 4.69) is 5.10 Å². The lowest BCUT2D eigenvalue weighted by Crippen LogP contribution is -2.15. The van der Waals surface area contributed by atoms with Gasteiger partial charge in [0.15, 0.2) is 0 Å². The monoisotopic (exact) mass is 201 g/mol. The van der Waals surface area contributed by atoms with Crippen LogP contribution in [0.4, 0.5) is 0 Å². The molecule has 1 heterocycles. The quantitative estimate of drug-likeness (QED) is 0.793. The molecule has 4 heteroatoms. The summed E-state index contributed by atoms with van der Waals surface area (Å²) in [4.78, 5) is 11.0. The molecular weight excluding hydrogens is 190 g/mol. The van der Waals surface area contributed by atoms with Crippen LogP contribution in [0.2, 0.25) is 0 Å². The summed E-state index contributed by atoms with van der Waals surface area (Å²) in [5, 5.41) is 4.22. The third-order valence-electron chi connectivity index (χ3n) is 2.20. The molecule has 1 aromatic heterocycles. The van der Waals surface area contributed by atoms with Crippen molar-refractivity contribution in [1.29, 1.82) is 0 Å². The van der Waals surface area contributed by atoms with E-state index in [1.54, 1.807) is 13.1 Å². The zero-order valence-electron chi connectivity index (χ0n) is 8.34. The normalized spacial score (nSPS) is 10.2. The Morgan fingerprint density at radius 1 is 1.33 bits per heavy atom. The number of amides is 1. The number of carbonyl (C=O) groups excluding carboxylic acids is 1. The molecule has 0 atom stereocenters. The lowest BCUT2D eigenvalue weighted by atomic mass is 10.1. The predicted molar refractivity (Wildman–Crippen MR) is 57.2 cm³/mol. The molecule has 1 aromatic carbocycles. The van der Waals surface area contributed by atoms with Crippen molar-refractivity contribution in [2.24, 2.45) is 12.8 Å². The molecule has 2 aromatic rings. The number of rotatable bonds is 2. The van der Waals surface area contributed by atoms with Gasteiger partial charge in [0.1, 0.15) is 5.69 Å². The molecule has 0 aliphatic heterocycles. The first-order valence-electron chi connectivity index (χ1n) is 4.58. The molecule has 4 nitrogen and oxygen atoms in total. The number of carbonyl (C=O) groups is 1. The van der Waals surface area contributed by atoms with Crippen LogP contribution in [0.1, 0.15) is 10.5 Å². The molecule has 0 bridgehead atoms.